The van der Waals surface area contributed by atoms with Crippen molar-refractivity contribution in [1.82, 2.24) is 35.3 Å². The molecule has 2 heterocycles. The molecule has 0 aliphatic carbocycles. The molecule has 2 rings (SSSR count). The summed E-state index contributed by atoms with van der Waals surface area (Å²) in [5.74, 6) is 1.78. The lowest BCUT2D eigenvalue weighted by atomic mass is 10.2. The summed E-state index contributed by atoms with van der Waals surface area (Å²) in [6.07, 6.45) is 4.89. The van der Waals surface area contributed by atoms with E-state index in [1.54, 1.807) is 6.33 Å². The molecule has 7 nitrogen and oxygen atoms in total. The Balaban J connectivity index is 2.10. The Kier molecular flexibility index (Phi) is 3.81. The Morgan fingerprint density at radius 2 is 2.29 bits per heavy atom. The molecular formula is C10H17N7. The molecule has 1 atom stereocenters. The summed E-state index contributed by atoms with van der Waals surface area (Å²) in [4.78, 5) is 8.44. The molecule has 0 radical (unpaired) electrons. The van der Waals surface area contributed by atoms with Crippen molar-refractivity contribution in [2.45, 2.75) is 32.4 Å². The van der Waals surface area contributed by atoms with E-state index in [0.717, 1.165) is 31.0 Å². The van der Waals surface area contributed by atoms with Crippen LogP contribution in [-0.2, 0) is 13.0 Å². The Morgan fingerprint density at radius 3 is 2.94 bits per heavy atom. The third kappa shape index (κ3) is 2.68. The SMILES string of the molecule is CCCn1ncnc1CC(NC)c1ncn[nH]1. The molecule has 0 fully saturated rings. The minimum absolute atomic E-state index is 0.0808. The highest BCUT2D eigenvalue weighted by molar-refractivity contribution is 4.98. The zero-order chi connectivity index (χ0) is 12.1. The summed E-state index contributed by atoms with van der Waals surface area (Å²) in [5, 5.41) is 14.1. The van der Waals surface area contributed by atoms with Crippen molar-refractivity contribution in [3.05, 3.63) is 24.3 Å². The van der Waals surface area contributed by atoms with Gasteiger partial charge in [0.2, 0.25) is 0 Å². The fourth-order valence-electron chi connectivity index (χ4n) is 1.75. The largest absolute Gasteiger partial charge is 0.310 e. The van der Waals surface area contributed by atoms with Crippen LogP contribution in [0.3, 0.4) is 0 Å². The summed E-state index contributed by atoms with van der Waals surface area (Å²) >= 11 is 0. The van der Waals surface area contributed by atoms with Crippen molar-refractivity contribution in [2.75, 3.05) is 7.05 Å². The molecule has 0 saturated carbocycles. The van der Waals surface area contributed by atoms with Crippen LogP contribution in [0.5, 0.6) is 0 Å². The molecule has 0 spiro atoms. The van der Waals surface area contributed by atoms with E-state index in [1.807, 2.05) is 11.7 Å². The minimum Gasteiger partial charge on any atom is -0.310 e. The quantitative estimate of drug-likeness (QED) is 0.752. The van der Waals surface area contributed by atoms with E-state index in [0.29, 0.717) is 0 Å². The molecule has 0 bridgehead atoms. The van der Waals surface area contributed by atoms with E-state index in [-0.39, 0.29) is 6.04 Å². The van der Waals surface area contributed by atoms with Crippen LogP contribution in [0.25, 0.3) is 0 Å². The number of hydrogen-bond acceptors (Lipinski definition) is 5. The first kappa shape index (κ1) is 11.7. The van der Waals surface area contributed by atoms with Gasteiger partial charge in [-0.15, -0.1) is 0 Å². The van der Waals surface area contributed by atoms with Gasteiger partial charge in [-0.3, -0.25) is 9.78 Å². The lowest BCUT2D eigenvalue weighted by Crippen LogP contribution is -2.22. The maximum atomic E-state index is 4.28. The van der Waals surface area contributed by atoms with Gasteiger partial charge in [0.25, 0.3) is 0 Å². The third-order valence-electron chi connectivity index (χ3n) is 2.63. The van der Waals surface area contributed by atoms with Gasteiger partial charge in [0, 0.05) is 13.0 Å². The first-order valence-electron chi connectivity index (χ1n) is 5.74. The molecule has 7 heteroatoms. The Labute approximate surface area is 99.7 Å². The van der Waals surface area contributed by atoms with E-state index >= 15 is 0 Å². The number of hydrogen-bond donors (Lipinski definition) is 2. The van der Waals surface area contributed by atoms with Crippen LogP contribution in [-0.4, -0.2) is 37.0 Å². The highest BCUT2D eigenvalue weighted by Crippen LogP contribution is 2.12. The number of rotatable bonds is 6. The van der Waals surface area contributed by atoms with Crippen molar-refractivity contribution in [1.29, 1.82) is 0 Å². The number of aromatic amines is 1. The number of likely N-dealkylation sites (N-methyl/N-ethyl adjacent to an activating group) is 1. The van der Waals surface area contributed by atoms with Crippen LogP contribution >= 0.6 is 0 Å². The van der Waals surface area contributed by atoms with Gasteiger partial charge in [0.15, 0.2) is 0 Å². The Morgan fingerprint density at radius 1 is 1.41 bits per heavy atom. The molecule has 92 valence electrons. The van der Waals surface area contributed by atoms with Gasteiger partial charge in [-0.1, -0.05) is 6.92 Å². The maximum absolute atomic E-state index is 4.28. The second-order valence-corrected chi connectivity index (χ2v) is 3.82. The Hall–Kier alpha value is -1.76. The monoisotopic (exact) mass is 235 g/mol. The zero-order valence-corrected chi connectivity index (χ0v) is 10.1. The molecule has 2 N–H and O–H groups in total. The van der Waals surface area contributed by atoms with Crippen molar-refractivity contribution in [2.24, 2.45) is 0 Å². The maximum Gasteiger partial charge on any atom is 0.141 e. The number of nitrogens with one attached hydrogen (secondary N) is 2. The number of nitrogens with zero attached hydrogens (tertiary/aromatic N) is 5. The summed E-state index contributed by atoms with van der Waals surface area (Å²) < 4.78 is 1.93. The van der Waals surface area contributed by atoms with Crippen molar-refractivity contribution < 1.29 is 0 Å². The number of aryl methyl sites for hydroxylation is 1. The van der Waals surface area contributed by atoms with Crippen LogP contribution in [0.15, 0.2) is 12.7 Å². The van der Waals surface area contributed by atoms with Crippen LogP contribution < -0.4 is 5.32 Å². The van der Waals surface area contributed by atoms with Crippen LogP contribution in [0.1, 0.15) is 31.0 Å². The third-order valence-corrected chi connectivity index (χ3v) is 2.63. The second kappa shape index (κ2) is 5.53. The summed E-state index contributed by atoms with van der Waals surface area (Å²) in [6.45, 7) is 3.01. The second-order valence-electron chi connectivity index (χ2n) is 3.82. The molecule has 2 aromatic heterocycles. The fourth-order valence-corrected chi connectivity index (χ4v) is 1.75. The summed E-state index contributed by atoms with van der Waals surface area (Å²) in [7, 11) is 1.90. The molecule has 0 amide bonds. The standard InChI is InChI=1S/C10H17N7/c1-3-4-17-9(12-7-15-17)5-8(11-2)10-13-6-14-16-10/h6-8,11H,3-5H2,1-2H3,(H,13,14,16). The van der Waals surface area contributed by atoms with Gasteiger partial charge in [-0.2, -0.15) is 10.2 Å². The number of aromatic nitrogens is 6. The van der Waals surface area contributed by atoms with Gasteiger partial charge in [0.05, 0.1) is 6.04 Å². The summed E-state index contributed by atoms with van der Waals surface area (Å²) in [5.41, 5.74) is 0. The first-order chi connectivity index (χ1) is 8.35. The van der Waals surface area contributed by atoms with E-state index in [9.17, 15) is 0 Å². The highest BCUT2D eigenvalue weighted by atomic mass is 15.3. The molecular weight excluding hydrogens is 218 g/mol. The van der Waals surface area contributed by atoms with Gasteiger partial charge in [-0.25, -0.2) is 9.97 Å². The van der Waals surface area contributed by atoms with Crippen molar-refractivity contribution in [3.8, 4) is 0 Å². The predicted octanol–water partition coefficient (Wildman–Crippen LogP) is 0.309. The smallest absolute Gasteiger partial charge is 0.141 e. The molecule has 0 aliphatic heterocycles. The average molecular weight is 235 g/mol. The predicted molar refractivity (Wildman–Crippen MR) is 62.2 cm³/mol. The summed E-state index contributed by atoms with van der Waals surface area (Å²) in [6, 6.07) is 0.0808. The van der Waals surface area contributed by atoms with Crippen molar-refractivity contribution in [3.63, 3.8) is 0 Å². The minimum atomic E-state index is 0.0808. The molecule has 17 heavy (non-hydrogen) atoms. The first-order valence-corrected chi connectivity index (χ1v) is 5.74. The molecule has 1 unspecified atom stereocenters. The average Bonchev–Trinajstić information content (AvgIpc) is 2.97. The van der Waals surface area contributed by atoms with Gasteiger partial charge in [-0.05, 0) is 13.5 Å². The zero-order valence-electron chi connectivity index (χ0n) is 10.1. The van der Waals surface area contributed by atoms with Crippen LogP contribution in [0.4, 0.5) is 0 Å². The lowest BCUT2D eigenvalue weighted by Gasteiger charge is -2.13. The molecule has 0 aliphatic rings. The van der Waals surface area contributed by atoms with E-state index in [4.69, 9.17) is 0 Å². The fraction of sp³-hybridized carbons (Fsp3) is 0.600. The molecule has 0 aromatic carbocycles. The van der Waals surface area contributed by atoms with Gasteiger partial charge in [0.1, 0.15) is 24.3 Å². The Bertz CT molecular complexity index is 433. The van der Waals surface area contributed by atoms with Crippen molar-refractivity contribution >= 4 is 0 Å². The van der Waals surface area contributed by atoms with Gasteiger partial charge >= 0.3 is 0 Å². The lowest BCUT2D eigenvalue weighted by molar-refractivity contribution is 0.502. The topological polar surface area (TPSA) is 84.3 Å². The van der Waals surface area contributed by atoms with Crippen LogP contribution in [0.2, 0.25) is 0 Å². The van der Waals surface area contributed by atoms with E-state index in [1.165, 1.54) is 6.33 Å². The molecule has 2 aromatic rings. The normalized spacial score (nSPS) is 12.8. The highest BCUT2D eigenvalue weighted by Gasteiger charge is 2.16. The van der Waals surface area contributed by atoms with E-state index < -0.39 is 0 Å². The molecule has 0 saturated heterocycles. The van der Waals surface area contributed by atoms with Gasteiger partial charge < -0.3 is 5.32 Å². The number of H-pyrrole nitrogens is 1. The van der Waals surface area contributed by atoms with Crippen LogP contribution in [0, 0.1) is 0 Å². The van der Waals surface area contributed by atoms with E-state index in [2.05, 4.69) is 37.5 Å².